The van der Waals surface area contributed by atoms with Crippen molar-refractivity contribution in [2.24, 2.45) is 5.92 Å². The molecular formula is C21H22BrClN2O3. The number of nitrogens with one attached hydrogen (secondary N) is 2. The highest BCUT2D eigenvalue weighted by molar-refractivity contribution is 9.10. The van der Waals surface area contributed by atoms with Crippen LogP contribution in [0.2, 0.25) is 5.02 Å². The number of hydrogen-bond donors (Lipinski definition) is 3. The Morgan fingerprint density at radius 2 is 2.14 bits per heavy atom. The van der Waals surface area contributed by atoms with Crippen LogP contribution in [0.15, 0.2) is 46.9 Å². The first kappa shape index (κ1) is 20.9. The van der Waals surface area contributed by atoms with Crippen LogP contribution in [0.3, 0.4) is 0 Å². The molecular weight excluding hydrogens is 444 g/mol. The molecule has 1 heterocycles. The van der Waals surface area contributed by atoms with Crippen molar-refractivity contribution in [2.75, 3.05) is 19.6 Å². The molecule has 0 unspecified atom stereocenters. The van der Waals surface area contributed by atoms with Gasteiger partial charge in [-0.2, -0.15) is 0 Å². The first-order chi connectivity index (χ1) is 13.5. The van der Waals surface area contributed by atoms with Gasteiger partial charge in [-0.3, -0.25) is 0 Å². The molecule has 5 nitrogen and oxygen atoms in total. The quantitative estimate of drug-likeness (QED) is 0.487. The molecule has 0 atom stereocenters. The number of halogens is 2. The molecule has 148 valence electrons. The standard InChI is InChI=1S/C21H22BrClN2O3/c22-20-8-18(23)3-2-17(20)13-28-19-6-14(1-4-21(26)27)5-15(7-19)9-24-10-16-11-25-12-16/h1-8,16,24-25H,9-13H2,(H,26,27). The molecule has 3 rings (SSSR count). The van der Waals surface area contributed by atoms with E-state index < -0.39 is 5.97 Å². The topological polar surface area (TPSA) is 70.6 Å². The summed E-state index contributed by atoms with van der Waals surface area (Å²) in [6.45, 7) is 4.14. The van der Waals surface area contributed by atoms with Crippen molar-refractivity contribution in [1.29, 1.82) is 0 Å². The van der Waals surface area contributed by atoms with Gasteiger partial charge in [-0.1, -0.05) is 39.7 Å². The second kappa shape index (κ2) is 10.1. The molecule has 0 aliphatic carbocycles. The Kier molecular flexibility index (Phi) is 7.50. The summed E-state index contributed by atoms with van der Waals surface area (Å²) in [5.41, 5.74) is 2.82. The maximum atomic E-state index is 10.9. The molecule has 0 bridgehead atoms. The van der Waals surface area contributed by atoms with Crippen molar-refractivity contribution >= 4 is 39.6 Å². The fourth-order valence-electron chi connectivity index (χ4n) is 2.85. The minimum Gasteiger partial charge on any atom is -0.489 e. The Hall–Kier alpha value is -1.86. The van der Waals surface area contributed by atoms with E-state index in [9.17, 15) is 4.79 Å². The third kappa shape index (κ3) is 6.34. The zero-order valence-electron chi connectivity index (χ0n) is 15.3. The van der Waals surface area contributed by atoms with Crippen LogP contribution in [-0.4, -0.2) is 30.7 Å². The van der Waals surface area contributed by atoms with Crippen molar-refractivity contribution in [3.8, 4) is 5.75 Å². The van der Waals surface area contributed by atoms with Gasteiger partial charge < -0.3 is 20.5 Å². The van der Waals surface area contributed by atoms with E-state index in [0.717, 1.165) is 46.9 Å². The van der Waals surface area contributed by atoms with Gasteiger partial charge >= 0.3 is 5.97 Å². The Morgan fingerprint density at radius 1 is 1.32 bits per heavy atom. The number of hydrogen-bond acceptors (Lipinski definition) is 4. The molecule has 0 spiro atoms. The van der Waals surface area contributed by atoms with Gasteiger partial charge in [0.2, 0.25) is 0 Å². The van der Waals surface area contributed by atoms with Crippen molar-refractivity contribution in [1.82, 2.24) is 10.6 Å². The number of ether oxygens (including phenoxy) is 1. The zero-order valence-corrected chi connectivity index (χ0v) is 17.6. The van der Waals surface area contributed by atoms with Crippen molar-refractivity contribution in [3.63, 3.8) is 0 Å². The summed E-state index contributed by atoms with van der Waals surface area (Å²) >= 11 is 9.48. The van der Waals surface area contributed by atoms with Crippen LogP contribution < -0.4 is 15.4 Å². The van der Waals surface area contributed by atoms with Crippen LogP contribution in [0.1, 0.15) is 16.7 Å². The lowest BCUT2D eigenvalue weighted by atomic mass is 10.0. The molecule has 1 saturated heterocycles. The molecule has 0 aromatic heterocycles. The number of carbonyl (C=O) groups is 1. The van der Waals surface area contributed by atoms with Crippen molar-refractivity contribution in [3.05, 3.63) is 68.7 Å². The first-order valence-electron chi connectivity index (χ1n) is 9.03. The zero-order chi connectivity index (χ0) is 19.9. The summed E-state index contributed by atoms with van der Waals surface area (Å²) in [7, 11) is 0. The van der Waals surface area contributed by atoms with Gasteiger partial charge in [-0.15, -0.1) is 0 Å². The van der Waals surface area contributed by atoms with Gasteiger partial charge in [-0.05, 0) is 47.4 Å². The number of carboxylic acids is 1. The van der Waals surface area contributed by atoms with E-state index in [2.05, 4.69) is 26.6 Å². The Bertz CT molecular complexity index is 869. The summed E-state index contributed by atoms with van der Waals surface area (Å²) in [6, 6.07) is 11.3. The molecule has 1 fully saturated rings. The fourth-order valence-corrected chi connectivity index (χ4v) is 3.65. The lowest BCUT2D eigenvalue weighted by molar-refractivity contribution is -0.131. The van der Waals surface area contributed by atoms with Gasteiger partial charge in [0.15, 0.2) is 0 Å². The van der Waals surface area contributed by atoms with Gasteiger partial charge in [0.05, 0.1) is 0 Å². The Labute approximate surface area is 177 Å². The lowest BCUT2D eigenvalue weighted by Gasteiger charge is -2.27. The van der Waals surface area contributed by atoms with Gasteiger partial charge in [0.1, 0.15) is 12.4 Å². The van der Waals surface area contributed by atoms with Gasteiger partial charge in [0, 0.05) is 47.3 Å². The average Bonchev–Trinajstić information content (AvgIpc) is 2.61. The van der Waals surface area contributed by atoms with Crippen LogP contribution in [0.4, 0.5) is 0 Å². The molecule has 2 aromatic carbocycles. The maximum absolute atomic E-state index is 10.9. The second-order valence-corrected chi connectivity index (χ2v) is 8.05. The Morgan fingerprint density at radius 3 is 2.82 bits per heavy atom. The molecule has 1 aliphatic rings. The predicted octanol–water partition coefficient (Wildman–Crippen LogP) is 4.09. The van der Waals surface area contributed by atoms with Crippen LogP contribution in [-0.2, 0) is 17.9 Å². The minimum atomic E-state index is -0.978. The second-order valence-electron chi connectivity index (χ2n) is 6.76. The van der Waals surface area contributed by atoms with E-state index in [0.29, 0.717) is 29.8 Å². The van der Waals surface area contributed by atoms with E-state index in [1.165, 1.54) is 0 Å². The average molecular weight is 466 g/mol. The van der Waals surface area contributed by atoms with Crippen LogP contribution >= 0.6 is 27.5 Å². The molecule has 2 aromatic rings. The molecule has 0 amide bonds. The third-order valence-electron chi connectivity index (χ3n) is 4.44. The molecule has 28 heavy (non-hydrogen) atoms. The van der Waals surface area contributed by atoms with Crippen molar-refractivity contribution < 1.29 is 14.6 Å². The number of benzene rings is 2. The molecule has 0 saturated carbocycles. The number of rotatable bonds is 9. The summed E-state index contributed by atoms with van der Waals surface area (Å²) in [6.07, 6.45) is 2.71. The largest absolute Gasteiger partial charge is 0.489 e. The van der Waals surface area contributed by atoms with Gasteiger partial charge in [-0.25, -0.2) is 4.79 Å². The van der Waals surface area contributed by atoms with Gasteiger partial charge in [0.25, 0.3) is 0 Å². The van der Waals surface area contributed by atoms with E-state index in [4.69, 9.17) is 21.4 Å². The summed E-state index contributed by atoms with van der Waals surface area (Å²) < 4.78 is 6.86. The summed E-state index contributed by atoms with van der Waals surface area (Å²) in [4.78, 5) is 10.9. The summed E-state index contributed by atoms with van der Waals surface area (Å²) in [5.74, 6) is 0.387. The van der Waals surface area contributed by atoms with E-state index >= 15 is 0 Å². The SMILES string of the molecule is O=C(O)C=Cc1cc(CNCC2CNC2)cc(OCc2ccc(Cl)cc2Br)c1. The molecule has 0 radical (unpaired) electrons. The lowest BCUT2D eigenvalue weighted by Crippen LogP contribution is -2.47. The normalized spacial score (nSPS) is 14.2. The highest BCUT2D eigenvalue weighted by atomic mass is 79.9. The highest BCUT2D eigenvalue weighted by Crippen LogP contribution is 2.25. The smallest absolute Gasteiger partial charge is 0.328 e. The van der Waals surface area contributed by atoms with Crippen LogP contribution in [0.25, 0.3) is 6.08 Å². The summed E-state index contributed by atoms with van der Waals surface area (Å²) in [5, 5.41) is 16.3. The van der Waals surface area contributed by atoms with E-state index in [1.807, 2.05) is 36.4 Å². The van der Waals surface area contributed by atoms with Crippen LogP contribution in [0.5, 0.6) is 5.75 Å². The molecule has 7 heteroatoms. The third-order valence-corrected chi connectivity index (χ3v) is 5.42. The predicted molar refractivity (Wildman–Crippen MR) is 115 cm³/mol. The minimum absolute atomic E-state index is 0.379. The highest BCUT2D eigenvalue weighted by Gasteiger charge is 2.15. The molecule has 1 aliphatic heterocycles. The number of carboxylic acid groups (broad SMARTS) is 1. The first-order valence-corrected chi connectivity index (χ1v) is 10.2. The van der Waals surface area contributed by atoms with Crippen LogP contribution in [0, 0.1) is 5.92 Å². The van der Waals surface area contributed by atoms with E-state index in [1.54, 1.807) is 6.08 Å². The fraction of sp³-hybridized carbons (Fsp3) is 0.286. The Balaban J connectivity index is 1.70. The van der Waals surface area contributed by atoms with E-state index in [-0.39, 0.29) is 0 Å². The molecule has 3 N–H and O–H groups in total. The number of aliphatic carboxylic acids is 1. The van der Waals surface area contributed by atoms with Crippen molar-refractivity contribution in [2.45, 2.75) is 13.2 Å². The monoisotopic (exact) mass is 464 g/mol. The maximum Gasteiger partial charge on any atom is 0.328 e.